The number of nitrogens with zero attached hydrogens (tertiary/aromatic N) is 1. The largest absolute Gasteiger partial charge is 0.385 e. The fourth-order valence-corrected chi connectivity index (χ4v) is 6.97. The predicted octanol–water partition coefficient (Wildman–Crippen LogP) is 10.4. The van der Waals surface area contributed by atoms with Crippen molar-refractivity contribution in [1.29, 1.82) is 0 Å². The van der Waals surface area contributed by atoms with Gasteiger partial charge in [-0.3, -0.25) is 4.57 Å². The van der Waals surface area contributed by atoms with E-state index in [2.05, 4.69) is 19.1 Å². The Morgan fingerprint density at radius 1 is 0.639 bits per heavy atom. The standard InChI is InChI=1S/C31H64NO3P/c1-6-8-9-10-11-12-13-14-15-16-17-18-19-20-21-22-23-24-25-26-27-28-30-35-36(33,34)31(29-7-2)32(3,4)5/h25-26,31H,6-24,27-30H2,1-5H3/p+1. The minimum atomic E-state index is -3.59. The molecule has 0 aliphatic carbocycles. The lowest BCUT2D eigenvalue weighted by Crippen LogP contribution is -2.45. The third kappa shape index (κ3) is 21.9. The van der Waals surface area contributed by atoms with Crippen LogP contribution in [0.15, 0.2) is 12.2 Å². The van der Waals surface area contributed by atoms with E-state index in [1.807, 2.05) is 28.1 Å². The quantitative estimate of drug-likeness (QED) is 0.0497. The molecule has 0 aromatic rings. The number of hydrogen-bond acceptors (Lipinski definition) is 2. The fraction of sp³-hybridized carbons (Fsp3) is 0.935. The summed E-state index contributed by atoms with van der Waals surface area (Å²) in [6.45, 7) is 4.70. The van der Waals surface area contributed by atoms with Crippen LogP contribution in [0.3, 0.4) is 0 Å². The second-order valence-corrected chi connectivity index (χ2v) is 13.8. The van der Waals surface area contributed by atoms with Crippen LogP contribution < -0.4 is 0 Å². The van der Waals surface area contributed by atoms with Crippen LogP contribution >= 0.6 is 7.60 Å². The van der Waals surface area contributed by atoms with Gasteiger partial charge in [-0.15, -0.1) is 0 Å². The van der Waals surface area contributed by atoms with Gasteiger partial charge in [-0.1, -0.05) is 129 Å². The summed E-state index contributed by atoms with van der Waals surface area (Å²) in [6.07, 6.45) is 33.0. The van der Waals surface area contributed by atoms with Crippen LogP contribution in [0.5, 0.6) is 0 Å². The number of unbranched alkanes of at least 4 members (excludes halogenated alkanes) is 18. The number of quaternary nitrogens is 1. The van der Waals surface area contributed by atoms with Gasteiger partial charge >= 0.3 is 7.60 Å². The topological polar surface area (TPSA) is 46.5 Å². The van der Waals surface area contributed by atoms with Gasteiger partial charge in [-0.05, 0) is 32.1 Å². The minimum Gasteiger partial charge on any atom is -0.320 e. The molecular weight excluding hydrogens is 465 g/mol. The Morgan fingerprint density at radius 2 is 1.03 bits per heavy atom. The Labute approximate surface area is 226 Å². The molecule has 0 spiro atoms. The number of hydrogen-bond donors (Lipinski definition) is 1. The van der Waals surface area contributed by atoms with Crippen molar-refractivity contribution in [2.45, 2.75) is 161 Å². The Balaban J connectivity index is 3.47. The summed E-state index contributed by atoms with van der Waals surface area (Å²) < 4.78 is 18.6. The molecule has 5 heteroatoms. The maximum Gasteiger partial charge on any atom is 0.385 e. The van der Waals surface area contributed by atoms with E-state index in [1.54, 1.807) is 0 Å². The minimum absolute atomic E-state index is 0.349. The molecule has 0 radical (unpaired) electrons. The normalized spacial score (nSPS) is 14.9. The Kier molecular flexibility index (Phi) is 23.8. The van der Waals surface area contributed by atoms with Crippen LogP contribution in [0.25, 0.3) is 0 Å². The maximum absolute atomic E-state index is 12.7. The first-order valence-corrected chi connectivity index (χ1v) is 17.3. The van der Waals surface area contributed by atoms with Crippen LogP contribution in [0, 0.1) is 0 Å². The molecular formula is C31H65NO3P+. The van der Waals surface area contributed by atoms with Gasteiger partial charge in [0, 0.05) is 6.42 Å². The summed E-state index contributed by atoms with van der Waals surface area (Å²) in [5.74, 6) is -0.349. The van der Waals surface area contributed by atoms with E-state index in [1.165, 1.54) is 109 Å². The van der Waals surface area contributed by atoms with Gasteiger partial charge in [0.1, 0.15) is 0 Å². The van der Waals surface area contributed by atoms with E-state index < -0.39 is 7.60 Å². The molecule has 0 aliphatic heterocycles. The highest BCUT2D eigenvalue weighted by Crippen LogP contribution is 2.51. The molecule has 0 aromatic heterocycles. The molecule has 2 atom stereocenters. The van der Waals surface area contributed by atoms with E-state index in [4.69, 9.17) is 4.52 Å². The van der Waals surface area contributed by atoms with Gasteiger partial charge < -0.3 is 13.9 Å². The van der Waals surface area contributed by atoms with Gasteiger partial charge in [0.25, 0.3) is 0 Å². The lowest BCUT2D eigenvalue weighted by molar-refractivity contribution is -0.883. The van der Waals surface area contributed by atoms with E-state index in [-0.39, 0.29) is 5.78 Å². The molecule has 0 bridgehead atoms. The first-order chi connectivity index (χ1) is 17.3. The smallest absolute Gasteiger partial charge is 0.320 e. The van der Waals surface area contributed by atoms with E-state index in [0.29, 0.717) is 17.5 Å². The van der Waals surface area contributed by atoms with Crippen molar-refractivity contribution < 1.29 is 18.5 Å². The molecule has 1 N–H and O–H groups in total. The van der Waals surface area contributed by atoms with Crippen LogP contribution in [0.2, 0.25) is 0 Å². The van der Waals surface area contributed by atoms with Crippen LogP contribution in [0.1, 0.15) is 155 Å². The van der Waals surface area contributed by atoms with Crippen LogP contribution in [-0.4, -0.2) is 42.9 Å². The third-order valence-electron chi connectivity index (χ3n) is 7.25. The maximum atomic E-state index is 12.7. The summed E-state index contributed by atoms with van der Waals surface area (Å²) in [5.41, 5.74) is 0. The van der Waals surface area contributed by atoms with E-state index in [0.717, 1.165) is 25.7 Å². The van der Waals surface area contributed by atoms with E-state index in [9.17, 15) is 9.46 Å². The van der Waals surface area contributed by atoms with Crippen molar-refractivity contribution in [1.82, 2.24) is 0 Å². The van der Waals surface area contributed by atoms with Crippen LogP contribution in [0.4, 0.5) is 0 Å². The molecule has 0 amide bonds. The molecule has 216 valence electrons. The zero-order valence-electron chi connectivity index (χ0n) is 25.2. The van der Waals surface area contributed by atoms with Crippen molar-refractivity contribution in [3.8, 4) is 0 Å². The van der Waals surface area contributed by atoms with Crippen molar-refractivity contribution in [3.63, 3.8) is 0 Å². The van der Waals surface area contributed by atoms with E-state index >= 15 is 0 Å². The second-order valence-electron chi connectivity index (χ2n) is 11.8. The summed E-state index contributed by atoms with van der Waals surface area (Å²) >= 11 is 0. The first kappa shape index (κ1) is 35.9. The zero-order chi connectivity index (χ0) is 27.0. The third-order valence-corrected chi connectivity index (χ3v) is 9.51. The molecule has 0 heterocycles. The Bertz CT molecular complexity index is 544. The summed E-state index contributed by atoms with van der Waals surface area (Å²) in [5, 5.41) is 0. The summed E-state index contributed by atoms with van der Waals surface area (Å²) in [6, 6.07) is 0. The molecule has 4 nitrogen and oxygen atoms in total. The second kappa shape index (κ2) is 23.9. The SMILES string of the molecule is CCCCCCCCCCCCCCCCCCCC=CCCCOP(=O)(O)C(CCC)[N+](C)(C)C. The lowest BCUT2D eigenvalue weighted by Gasteiger charge is -2.35. The summed E-state index contributed by atoms with van der Waals surface area (Å²) in [7, 11) is 2.31. The highest BCUT2D eigenvalue weighted by Gasteiger charge is 2.41. The van der Waals surface area contributed by atoms with Gasteiger partial charge in [-0.2, -0.15) is 0 Å². The monoisotopic (exact) mass is 530 g/mol. The molecule has 36 heavy (non-hydrogen) atoms. The number of rotatable bonds is 27. The van der Waals surface area contributed by atoms with Crippen LogP contribution in [-0.2, 0) is 9.09 Å². The fourth-order valence-electron chi connectivity index (χ4n) is 4.95. The van der Waals surface area contributed by atoms with Crippen molar-refractivity contribution in [3.05, 3.63) is 12.2 Å². The predicted molar refractivity (Wildman–Crippen MR) is 160 cm³/mol. The molecule has 2 unspecified atom stereocenters. The van der Waals surface area contributed by atoms with Gasteiger partial charge in [0.2, 0.25) is 0 Å². The van der Waals surface area contributed by atoms with Gasteiger partial charge in [-0.25, -0.2) is 0 Å². The average Bonchev–Trinajstić information content (AvgIpc) is 2.82. The molecule has 0 aliphatic rings. The van der Waals surface area contributed by atoms with Gasteiger partial charge in [0.05, 0.1) is 27.7 Å². The lowest BCUT2D eigenvalue weighted by atomic mass is 10.0. The van der Waals surface area contributed by atoms with Crippen molar-refractivity contribution in [2.75, 3.05) is 27.7 Å². The van der Waals surface area contributed by atoms with Gasteiger partial charge in [0.15, 0.2) is 5.78 Å². The number of allylic oxidation sites excluding steroid dienone is 2. The molecule has 0 rings (SSSR count). The zero-order valence-corrected chi connectivity index (χ0v) is 26.0. The Morgan fingerprint density at radius 3 is 1.42 bits per heavy atom. The molecule has 0 saturated carbocycles. The van der Waals surface area contributed by atoms with Crippen molar-refractivity contribution in [2.24, 2.45) is 0 Å². The molecule has 0 saturated heterocycles. The Hall–Kier alpha value is -0.150. The molecule has 0 aromatic carbocycles. The first-order valence-electron chi connectivity index (χ1n) is 15.7. The highest BCUT2D eigenvalue weighted by atomic mass is 31.2. The molecule has 0 fully saturated rings. The highest BCUT2D eigenvalue weighted by molar-refractivity contribution is 7.53. The van der Waals surface area contributed by atoms with Crippen molar-refractivity contribution >= 4 is 7.60 Å². The average molecular weight is 531 g/mol. The summed E-state index contributed by atoms with van der Waals surface area (Å²) in [4.78, 5) is 10.4.